The highest BCUT2D eigenvalue weighted by Gasteiger charge is 2.14. The van der Waals surface area contributed by atoms with Crippen molar-refractivity contribution < 1.29 is 8.78 Å². The maximum absolute atomic E-state index is 12.2. The first-order valence-corrected chi connectivity index (χ1v) is 3.62. The van der Waals surface area contributed by atoms with E-state index in [1.54, 1.807) is 6.92 Å². The molecule has 12 heavy (non-hydrogen) atoms. The van der Waals surface area contributed by atoms with Crippen molar-refractivity contribution in [1.29, 1.82) is 0 Å². The molecule has 0 amide bonds. The maximum atomic E-state index is 12.2. The number of rotatable bonds is 3. The Hall–Kier alpha value is -1.13. The predicted molar refractivity (Wildman–Crippen MR) is 42.4 cm³/mol. The van der Waals surface area contributed by atoms with Gasteiger partial charge in [0.2, 0.25) is 0 Å². The van der Waals surface area contributed by atoms with Crippen LogP contribution in [0.5, 0.6) is 0 Å². The van der Waals surface area contributed by atoms with Crippen LogP contribution in [-0.2, 0) is 0 Å². The molecule has 1 heterocycles. The molecule has 5 heteroatoms. The molecule has 0 aliphatic rings. The van der Waals surface area contributed by atoms with E-state index < -0.39 is 19.4 Å². The van der Waals surface area contributed by atoms with Gasteiger partial charge < -0.3 is 5.73 Å². The number of anilines is 1. The fourth-order valence-electron chi connectivity index (χ4n) is 0.977. The second-order valence-corrected chi connectivity index (χ2v) is 2.59. The van der Waals surface area contributed by atoms with Gasteiger partial charge in [0.1, 0.15) is 19.4 Å². The quantitative estimate of drug-likeness (QED) is 0.751. The van der Waals surface area contributed by atoms with E-state index >= 15 is 0 Å². The van der Waals surface area contributed by atoms with Crippen LogP contribution in [0.2, 0.25) is 0 Å². The summed E-state index contributed by atoms with van der Waals surface area (Å²) < 4.78 is 25.7. The third-order valence-electron chi connectivity index (χ3n) is 1.78. The van der Waals surface area contributed by atoms with Gasteiger partial charge in [-0.3, -0.25) is 4.68 Å². The lowest BCUT2D eigenvalue weighted by Gasteiger charge is -2.11. The van der Waals surface area contributed by atoms with Crippen molar-refractivity contribution in [1.82, 2.24) is 9.78 Å². The van der Waals surface area contributed by atoms with Crippen LogP contribution in [0.1, 0.15) is 11.7 Å². The Balaban J connectivity index is 2.93. The summed E-state index contributed by atoms with van der Waals surface area (Å²) in [5, 5.41) is 3.77. The molecule has 68 valence electrons. The van der Waals surface area contributed by atoms with Crippen molar-refractivity contribution in [3.63, 3.8) is 0 Å². The average molecular weight is 175 g/mol. The van der Waals surface area contributed by atoms with Gasteiger partial charge in [0.25, 0.3) is 0 Å². The number of halogens is 2. The van der Waals surface area contributed by atoms with E-state index in [1.807, 2.05) is 0 Å². The highest BCUT2D eigenvalue weighted by Crippen LogP contribution is 2.15. The van der Waals surface area contributed by atoms with Gasteiger partial charge in [-0.1, -0.05) is 0 Å². The molecule has 0 aromatic carbocycles. The molecule has 0 saturated carbocycles. The first-order valence-electron chi connectivity index (χ1n) is 3.62. The van der Waals surface area contributed by atoms with Crippen LogP contribution in [0.3, 0.4) is 0 Å². The summed E-state index contributed by atoms with van der Waals surface area (Å²) in [6.07, 6.45) is 1.40. The van der Waals surface area contributed by atoms with E-state index in [9.17, 15) is 8.78 Å². The summed E-state index contributed by atoms with van der Waals surface area (Å²) in [5.74, 6) is 0. The molecule has 1 aromatic heterocycles. The minimum absolute atomic E-state index is 0.460. The molecule has 0 radical (unpaired) electrons. The van der Waals surface area contributed by atoms with Gasteiger partial charge in [-0.05, 0) is 6.92 Å². The van der Waals surface area contributed by atoms with Gasteiger partial charge in [0.05, 0.1) is 17.6 Å². The normalized spacial score (nSPS) is 11.0. The standard InChI is InChI=1S/C7H11F2N3/c1-5-7(10)4-11-12(5)6(2-8)3-9/h4,6H,2-3,10H2,1H3. The number of nitrogens with zero attached hydrogens (tertiary/aromatic N) is 2. The molecule has 0 atom stereocenters. The molecule has 0 unspecified atom stereocenters. The Morgan fingerprint density at radius 1 is 1.58 bits per heavy atom. The molecule has 0 saturated heterocycles. The number of nitrogen functional groups attached to an aromatic ring is 1. The zero-order valence-electron chi connectivity index (χ0n) is 6.80. The van der Waals surface area contributed by atoms with Crippen molar-refractivity contribution >= 4 is 5.69 Å². The third kappa shape index (κ3) is 1.39. The smallest absolute Gasteiger partial charge is 0.114 e. The monoisotopic (exact) mass is 175 g/mol. The average Bonchev–Trinajstić information content (AvgIpc) is 2.38. The summed E-state index contributed by atoms with van der Waals surface area (Å²) in [6.45, 7) is 0.150. The maximum Gasteiger partial charge on any atom is 0.114 e. The number of alkyl halides is 2. The largest absolute Gasteiger partial charge is 0.396 e. The first kappa shape index (κ1) is 8.96. The zero-order chi connectivity index (χ0) is 9.14. The molecule has 2 N–H and O–H groups in total. The molecule has 0 fully saturated rings. The summed E-state index contributed by atoms with van der Waals surface area (Å²) in [4.78, 5) is 0. The van der Waals surface area contributed by atoms with Gasteiger partial charge in [-0.2, -0.15) is 5.10 Å². The van der Waals surface area contributed by atoms with Crippen LogP contribution in [0.25, 0.3) is 0 Å². The van der Waals surface area contributed by atoms with Crippen LogP contribution < -0.4 is 5.73 Å². The lowest BCUT2D eigenvalue weighted by molar-refractivity contribution is 0.269. The summed E-state index contributed by atoms with van der Waals surface area (Å²) >= 11 is 0. The van der Waals surface area contributed by atoms with Gasteiger partial charge in [0, 0.05) is 0 Å². The minimum atomic E-state index is -0.831. The zero-order valence-corrected chi connectivity index (χ0v) is 6.80. The topological polar surface area (TPSA) is 43.8 Å². The van der Waals surface area contributed by atoms with E-state index in [0.29, 0.717) is 11.4 Å². The molecule has 0 bridgehead atoms. The number of aromatic nitrogens is 2. The Morgan fingerprint density at radius 3 is 2.50 bits per heavy atom. The summed E-state index contributed by atoms with van der Waals surface area (Å²) in [7, 11) is 0. The lowest BCUT2D eigenvalue weighted by Crippen LogP contribution is -2.16. The van der Waals surface area contributed by atoms with Gasteiger partial charge in [-0.25, -0.2) is 8.78 Å². The molecule has 0 aliphatic carbocycles. The Kier molecular flexibility index (Phi) is 2.62. The second-order valence-electron chi connectivity index (χ2n) is 2.59. The predicted octanol–water partition coefficient (Wildman–Crippen LogP) is 1.25. The molecule has 1 rings (SSSR count). The van der Waals surface area contributed by atoms with Crippen molar-refractivity contribution in [3.05, 3.63) is 11.9 Å². The summed E-state index contributed by atoms with van der Waals surface area (Å²) in [5.41, 5.74) is 6.53. The van der Waals surface area contributed by atoms with Gasteiger partial charge >= 0.3 is 0 Å². The number of hydrogen-bond acceptors (Lipinski definition) is 2. The van der Waals surface area contributed by atoms with Crippen molar-refractivity contribution in [2.45, 2.75) is 13.0 Å². The molecule has 3 nitrogen and oxygen atoms in total. The highest BCUT2D eigenvalue weighted by atomic mass is 19.1. The van der Waals surface area contributed by atoms with Crippen LogP contribution >= 0.6 is 0 Å². The van der Waals surface area contributed by atoms with E-state index in [4.69, 9.17) is 5.73 Å². The lowest BCUT2D eigenvalue weighted by atomic mass is 10.3. The van der Waals surface area contributed by atoms with Crippen LogP contribution in [0, 0.1) is 6.92 Å². The number of hydrogen-bond donors (Lipinski definition) is 1. The molecular formula is C7H11F2N3. The van der Waals surface area contributed by atoms with Crippen molar-refractivity contribution in [3.8, 4) is 0 Å². The second kappa shape index (κ2) is 3.51. The fourth-order valence-corrected chi connectivity index (χ4v) is 0.977. The SMILES string of the molecule is Cc1c(N)cnn1C(CF)CF. The summed E-state index contributed by atoms with van der Waals surface area (Å²) in [6, 6.07) is -0.831. The molecule has 0 aliphatic heterocycles. The Labute approximate surface area is 69.2 Å². The number of nitrogens with two attached hydrogens (primary N) is 1. The van der Waals surface area contributed by atoms with E-state index in [1.165, 1.54) is 10.9 Å². The minimum Gasteiger partial charge on any atom is -0.396 e. The first-order chi connectivity index (χ1) is 5.70. The Morgan fingerprint density at radius 2 is 2.17 bits per heavy atom. The van der Waals surface area contributed by atoms with Crippen LogP contribution in [0.15, 0.2) is 6.20 Å². The van der Waals surface area contributed by atoms with E-state index in [0.717, 1.165) is 0 Å². The van der Waals surface area contributed by atoms with Crippen LogP contribution in [0.4, 0.5) is 14.5 Å². The highest BCUT2D eigenvalue weighted by molar-refractivity contribution is 5.39. The van der Waals surface area contributed by atoms with E-state index in [-0.39, 0.29) is 0 Å². The van der Waals surface area contributed by atoms with Crippen molar-refractivity contribution in [2.24, 2.45) is 0 Å². The Bertz CT molecular complexity index is 255. The third-order valence-corrected chi connectivity index (χ3v) is 1.78. The van der Waals surface area contributed by atoms with Gasteiger partial charge in [-0.15, -0.1) is 0 Å². The molecule has 0 spiro atoms. The van der Waals surface area contributed by atoms with Gasteiger partial charge in [0.15, 0.2) is 0 Å². The van der Waals surface area contributed by atoms with Crippen LogP contribution in [-0.4, -0.2) is 23.1 Å². The molecule has 1 aromatic rings. The molecular weight excluding hydrogens is 164 g/mol. The van der Waals surface area contributed by atoms with E-state index in [2.05, 4.69) is 5.10 Å². The fraction of sp³-hybridized carbons (Fsp3) is 0.571. The van der Waals surface area contributed by atoms with Crippen molar-refractivity contribution in [2.75, 3.05) is 19.1 Å².